The fraction of sp³-hybridized carbons (Fsp3) is 0.400. The van der Waals surface area contributed by atoms with Crippen molar-refractivity contribution in [1.82, 2.24) is 16.0 Å². The highest BCUT2D eigenvalue weighted by Gasteiger charge is 2.23. The molecule has 6 heteroatoms. The van der Waals surface area contributed by atoms with Crippen LogP contribution < -0.4 is 16.0 Å². The molecule has 1 aromatic rings. The Labute approximate surface area is 123 Å². The molecule has 1 unspecified atom stereocenters. The third kappa shape index (κ3) is 4.05. The Morgan fingerprint density at radius 2 is 2.00 bits per heavy atom. The van der Waals surface area contributed by atoms with Crippen molar-refractivity contribution in [1.29, 1.82) is 0 Å². The van der Waals surface area contributed by atoms with Gasteiger partial charge in [0.15, 0.2) is 0 Å². The molecule has 1 aliphatic rings. The van der Waals surface area contributed by atoms with E-state index in [1.807, 2.05) is 12.1 Å². The van der Waals surface area contributed by atoms with Crippen LogP contribution in [0, 0.1) is 5.92 Å². The smallest absolute Gasteiger partial charge is 0.251 e. The van der Waals surface area contributed by atoms with E-state index in [-0.39, 0.29) is 23.6 Å². The number of piperidine rings is 1. The molecule has 0 spiro atoms. The summed E-state index contributed by atoms with van der Waals surface area (Å²) in [7, 11) is 1.58. The molecule has 2 rings (SSSR count). The van der Waals surface area contributed by atoms with Crippen LogP contribution in [0.3, 0.4) is 0 Å². The number of carbonyl (C=O) groups excluding carboxylic acids is 3. The van der Waals surface area contributed by atoms with E-state index in [1.54, 1.807) is 19.2 Å². The number of amides is 3. The Morgan fingerprint density at radius 3 is 2.57 bits per heavy atom. The van der Waals surface area contributed by atoms with Gasteiger partial charge in [-0.05, 0) is 24.1 Å². The lowest BCUT2D eigenvalue weighted by Crippen LogP contribution is -2.42. The lowest BCUT2D eigenvalue weighted by molar-refractivity contribution is -0.129. The first-order valence-electron chi connectivity index (χ1n) is 6.95. The van der Waals surface area contributed by atoms with Gasteiger partial charge >= 0.3 is 0 Å². The molecule has 1 aromatic carbocycles. The monoisotopic (exact) mass is 289 g/mol. The van der Waals surface area contributed by atoms with E-state index in [9.17, 15) is 14.4 Å². The minimum Gasteiger partial charge on any atom is -0.355 e. The van der Waals surface area contributed by atoms with Gasteiger partial charge in [0, 0.05) is 32.1 Å². The summed E-state index contributed by atoms with van der Waals surface area (Å²) < 4.78 is 0. The topological polar surface area (TPSA) is 87.3 Å². The normalized spacial score (nSPS) is 17.8. The summed E-state index contributed by atoms with van der Waals surface area (Å²) in [6.45, 7) is 0.817. The SMILES string of the molecule is CNC(=O)c1ccc(CNC(=O)C2CCC(=O)NC2)cc1. The maximum atomic E-state index is 12.0. The van der Waals surface area contributed by atoms with Gasteiger partial charge in [0.1, 0.15) is 0 Å². The zero-order valence-corrected chi connectivity index (χ0v) is 11.9. The maximum absolute atomic E-state index is 12.0. The third-order valence-corrected chi connectivity index (χ3v) is 3.55. The molecule has 0 bridgehead atoms. The number of hydrogen-bond acceptors (Lipinski definition) is 3. The van der Waals surface area contributed by atoms with E-state index >= 15 is 0 Å². The van der Waals surface area contributed by atoms with E-state index in [2.05, 4.69) is 16.0 Å². The van der Waals surface area contributed by atoms with Crippen molar-refractivity contribution in [3.63, 3.8) is 0 Å². The van der Waals surface area contributed by atoms with Gasteiger partial charge in [-0.15, -0.1) is 0 Å². The fourth-order valence-electron chi connectivity index (χ4n) is 2.21. The van der Waals surface area contributed by atoms with Gasteiger partial charge in [-0.3, -0.25) is 14.4 Å². The minimum atomic E-state index is -0.159. The van der Waals surface area contributed by atoms with E-state index in [4.69, 9.17) is 0 Å². The van der Waals surface area contributed by atoms with Crippen LogP contribution in [0.5, 0.6) is 0 Å². The lowest BCUT2D eigenvalue weighted by Gasteiger charge is -2.21. The van der Waals surface area contributed by atoms with E-state index in [1.165, 1.54) is 0 Å². The van der Waals surface area contributed by atoms with Gasteiger partial charge in [-0.25, -0.2) is 0 Å². The predicted molar refractivity (Wildman–Crippen MR) is 77.4 cm³/mol. The number of carbonyl (C=O) groups is 3. The lowest BCUT2D eigenvalue weighted by atomic mass is 9.98. The van der Waals surface area contributed by atoms with Crippen LogP contribution >= 0.6 is 0 Å². The molecule has 0 saturated carbocycles. The van der Waals surface area contributed by atoms with Crippen LogP contribution in [-0.4, -0.2) is 31.3 Å². The van der Waals surface area contributed by atoms with Gasteiger partial charge in [0.2, 0.25) is 11.8 Å². The van der Waals surface area contributed by atoms with Crippen molar-refractivity contribution < 1.29 is 14.4 Å². The Balaban J connectivity index is 1.83. The Hall–Kier alpha value is -2.37. The predicted octanol–water partition coefficient (Wildman–Crippen LogP) is 0.189. The van der Waals surface area contributed by atoms with E-state index < -0.39 is 0 Å². The van der Waals surface area contributed by atoms with Gasteiger partial charge < -0.3 is 16.0 Å². The minimum absolute atomic E-state index is 0.00356. The Bertz CT molecular complexity index is 530. The van der Waals surface area contributed by atoms with E-state index in [0.717, 1.165) is 5.56 Å². The summed E-state index contributed by atoms with van der Waals surface area (Å²) in [5, 5.41) is 8.10. The summed E-state index contributed by atoms with van der Waals surface area (Å²) in [6.07, 6.45) is 0.992. The van der Waals surface area contributed by atoms with Crippen LogP contribution in [-0.2, 0) is 16.1 Å². The van der Waals surface area contributed by atoms with E-state index in [0.29, 0.717) is 31.5 Å². The highest BCUT2D eigenvalue weighted by atomic mass is 16.2. The summed E-state index contributed by atoms with van der Waals surface area (Å²) in [5.41, 5.74) is 1.51. The van der Waals surface area contributed by atoms with Crippen LogP contribution in [0.1, 0.15) is 28.8 Å². The molecule has 0 aliphatic carbocycles. The first kappa shape index (κ1) is 15.0. The van der Waals surface area contributed by atoms with Crippen molar-refractivity contribution in [2.45, 2.75) is 19.4 Å². The zero-order valence-electron chi connectivity index (χ0n) is 11.9. The van der Waals surface area contributed by atoms with Gasteiger partial charge in [-0.2, -0.15) is 0 Å². The number of benzene rings is 1. The molecule has 1 heterocycles. The standard InChI is InChI=1S/C15H19N3O3/c1-16-14(20)11-4-2-10(3-5-11)8-18-15(21)12-6-7-13(19)17-9-12/h2-5,12H,6-9H2,1H3,(H,16,20)(H,17,19)(H,18,21). The third-order valence-electron chi connectivity index (χ3n) is 3.55. The number of hydrogen-bond donors (Lipinski definition) is 3. The van der Waals surface area contributed by atoms with Crippen LogP contribution in [0.15, 0.2) is 24.3 Å². The average Bonchev–Trinajstić information content (AvgIpc) is 2.53. The second-order valence-corrected chi connectivity index (χ2v) is 5.03. The highest BCUT2D eigenvalue weighted by molar-refractivity contribution is 5.94. The van der Waals surface area contributed by atoms with Gasteiger partial charge in [0.25, 0.3) is 5.91 Å². The maximum Gasteiger partial charge on any atom is 0.251 e. The van der Waals surface area contributed by atoms with Crippen molar-refractivity contribution in [2.24, 2.45) is 5.92 Å². The van der Waals surface area contributed by atoms with Gasteiger partial charge in [0.05, 0.1) is 5.92 Å². The molecule has 1 aliphatic heterocycles. The van der Waals surface area contributed by atoms with Crippen LogP contribution in [0.25, 0.3) is 0 Å². The van der Waals surface area contributed by atoms with Gasteiger partial charge in [-0.1, -0.05) is 12.1 Å². The molecular formula is C15H19N3O3. The van der Waals surface area contributed by atoms with Crippen molar-refractivity contribution in [3.05, 3.63) is 35.4 Å². The molecule has 1 saturated heterocycles. The van der Waals surface area contributed by atoms with Crippen molar-refractivity contribution in [3.8, 4) is 0 Å². The largest absolute Gasteiger partial charge is 0.355 e. The molecule has 0 radical (unpaired) electrons. The van der Waals surface area contributed by atoms with Crippen molar-refractivity contribution in [2.75, 3.05) is 13.6 Å². The number of rotatable bonds is 4. The van der Waals surface area contributed by atoms with Crippen molar-refractivity contribution >= 4 is 17.7 Å². The molecule has 3 amide bonds. The van der Waals surface area contributed by atoms with Crippen LogP contribution in [0.2, 0.25) is 0 Å². The zero-order chi connectivity index (χ0) is 15.2. The average molecular weight is 289 g/mol. The Kier molecular flexibility index (Phi) is 4.92. The second kappa shape index (κ2) is 6.88. The summed E-state index contributed by atoms with van der Waals surface area (Å²) in [6, 6.07) is 7.07. The Morgan fingerprint density at radius 1 is 1.29 bits per heavy atom. The number of nitrogens with one attached hydrogen (secondary N) is 3. The quantitative estimate of drug-likeness (QED) is 0.739. The molecular weight excluding hydrogens is 270 g/mol. The first-order chi connectivity index (χ1) is 10.1. The summed E-state index contributed by atoms with van der Waals surface area (Å²) in [4.78, 5) is 34.4. The summed E-state index contributed by atoms with van der Waals surface area (Å²) >= 11 is 0. The second-order valence-electron chi connectivity index (χ2n) is 5.03. The molecule has 0 aromatic heterocycles. The first-order valence-corrected chi connectivity index (χ1v) is 6.95. The molecule has 112 valence electrons. The summed E-state index contributed by atoms with van der Waals surface area (Å²) in [5.74, 6) is -0.342. The molecule has 1 fully saturated rings. The molecule has 21 heavy (non-hydrogen) atoms. The molecule has 6 nitrogen and oxygen atoms in total. The highest BCUT2D eigenvalue weighted by Crippen LogP contribution is 2.11. The fourth-order valence-corrected chi connectivity index (χ4v) is 2.21. The molecule has 1 atom stereocenters. The van der Waals surface area contributed by atoms with Crippen LogP contribution in [0.4, 0.5) is 0 Å². The molecule has 3 N–H and O–H groups in total.